The molecule has 4 aromatic rings. The molecule has 8 nitrogen and oxygen atoms in total. The summed E-state index contributed by atoms with van der Waals surface area (Å²) in [6, 6.07) is 17.0. The van der Waals surface area contributed by atoms with Gasteiger partial charge in [-0.05, 0) is 55.7 Å². The summed E-state index contributed by atoms with van der Waals surface area (Å²) in [6.07, 6.45) is 4.49. The van der Waals surface area contributed by atoms with Crippen molar-refractivity contribution in [3.63, 3.8) is 0 Å². The predicted molar refractivity (Wildman–Crippen MR) is 134 cm³/mol. The Morgan fingerprint density at radius 1 is 1.11 bits per heavy atom. The highest BCUT2D eigenvalue weighted by Crippen LogP contribution is 2.33. The lowest BCUT2D eigenvalue weighted by molar-refractivity contribution is 0.134. The summed E-state index contributed by atoms with van der Waals surface area (Å²) in [5.41, 5.74) is 3.40. The number of aromatic hydroxyl groups is 1. The van der Waals surface area contributed by atoms with E-state index in [-0.39, 0.29) is 18.4 Å². The third-order valence-corrected chi connectivity index (χ3v) is 6.19. The molecule has 0 spiro atoms. The molecule has 0 radical (unpaired) electrons. The molecule has 178 valence electrons. The van der Waals surface area contributed by atoms with E-state index < -0.39 is 6.09 Å². The Balaban J connectivity index is 1.30. The van der Waals surface area contributed by atoms with Gasteiger partial charge in [-0.2, -0.15) is 0 Å². The van der Waals surface area contributed by atoms with Crippen molar-refractivity contribution in [2.75, 3.05) is 18.0 Å². The van der Waals surface area contributed by atoms with Gasteiger partial charge in [0, 0.05) is 42.5 Å². The molecule has 2 aromatic heterocycles. The Morgan fingerprint density at radius 2 is 1.94 bits per heavy atom. The standard InChI is InChI=1S/C27H27N5O3/c1-18-8-9-21-23(15-18)30-25(22-6-2-3-7-24(22)33)31-26(21)32-13-10-20(11-14-32)29-27(34)35-17-19-5-4-12-28-16-19/h2-9,12,15-16,20,33H,10-11,13-14,17H2,1H3,(H,29,34). The first-order chi connectivity index (χ1) is 17.1. The third kappa shape index (κ3) is 5.16. The molecule has 1 amide bonds. The van der Waals surface area contributed by atoms with E-state index in [2.05, 4.69) is 27.3 Å². The highest BCUT2D eigenvalue weighted by molar-refractivity contribution is 5.92. The smallest absolute Gasteiger partial charge is 0.407 e. The number of carbonyl (C=O) groups is 1. The van der Waals surface area contributed by atoms with Crippen LogP contribution in [0.5, 0.6) is 5.75 Å². The normalized spacial score (nSPS) is 14.1. The summed E-state index contributed by atoms with van der Waals surface area (Å²) >= 11 is 0. The Morgan fingerprint density at radius 3 is 2.71 bits per heavy atom. The topological polar surface area (TPSA) is 100 Å². The first kappa shape index (κ1) is 22.6. The second kappa shape index (κ2) is 9.97. The molecule has 1 saturated heterocycles. The molecule has 0 atom stereocenters. The first-order valence-corrected chi connectivity index (χ1v) is 11.7. The zero-order valence-corrected chi connectivity index (χ0v) is 19.5. The molecule has 0 unspecified atom stereocenters. The summed E-state index contributed by atoms with van der Waals surface area (Å²) in [7, 11) is 0. The monoisotopic (exact) mass is 469 g/mol. The number of pyridine rings is 1. The van der Waals surface area contributed by atoms with Gasteiger partial charge in [-0.3, -0.25) is 4.98 Å². The fourth-order valence-corrected chi connectivity index (χ4v) is 4.32. The van der Waals surface area contributed by atoms with Crippen LogP contribution < -0.4 is 10.2 Å². The van der Waals surface area contributed by atoms with Crippen molar-refractivity contribution in [2.24, 2.45) is 0 Å². The second-order valence-electron chi connectivity index (χ2n) is 8.75. The summed E-state index contributed by atoms with van der Waals surface area (Å²) in [6.45, 7) is 3.69. The van der Waals surface area contributed by atoms with Crippen molar-refractivity contribution in [3.8, 4) is 17.1 Å². The van der Waals surface area contributed by atoms with E-state index in [4.69, 9.17) is 14.7 Å². The number of rotatable bonds is 5. The van der Waals surface area contributed by atoms with Gasteiger partial charge in [-0.15, -0.1) is 0 Å². The number of nitrogens with one attached hydrogen (secondary N) is 1. The number of phenolic OH excluding ortho intramolecular Hbond substituents is 1. The maximum Gasteiger partial charge on any atom is 0.407 e. The van der Waals surface area contributed by atoms with E-state index in [9.17, 15) is 9.90 Å². The van der Waals surface area contributed by atoms with Crippen LogP contribution in [-0.4, -0.2) is 45.3 Å². The maximum absolute atomic E-state index is 12.3. The van der Waals surface area contributed by atoms with Crippen molar-refractivity contribution in [1.82, 2.24) is 20.3 Å². The molecule has 1 aliphatic heterocycles. The van der Waals surface area contributed by atoms with Gasteiger partial charge in [-0.25, -0.2) is 14.8 Å². The van der Waals surface area contributed by atoms with Crippen molar-refractivity contribution >= 4 is 22.8 Å². The van der Waals surface area contributed by atoms with Crippen LogP contribution in [0.3, 0.4) is 0 Å². The molecule has 0 saturated carbocycles. The molecule has 35 heavy (non-hydrogen) atoms. The largest absolute Gasteiger partial charge is 0.507 e. The quantitative estimate of drug-likeness (QED) is 0.440. The Kier molecular flexibility index (Phi) is 6.43. The number of fused-ring (bicyclic) bond motifs is 1. The number of phenols is 1. The van der Waals surface area contributed by atoms with E-state index in [0.29, 0.717) is 11.4 Å². The number of piperidine rings is 1. The fourth-order valence-electron chi connectivity index (χ4n) is 4.32. The van der Waals surface area contributed by atoms with Crippen LogP contribution in [0, 0.1) is 6.92 Å². The van der Waals surface area contributed by atoms with Gasteiger partial charge in [-0.1, -0.05) is 24.3 Å². The van der Waals surface area contributed by atoms with Crippen LogP contribution in [-0.2, 0) is 11.3 Å². The van der Waals surface area contributed by atoms with Crippen molar-refractivity contribution in [3.05, 3.63) is 78.1 Å². The number of ether oxygens (including phenoxy) is 1. The van der Waals surface area contributed by atoms with Crippen LogP contribution in [0.1, 0.15) is 24.0 Å². The molecule has 1 fully saturated rings. The minimum atomic E-state index is -0.419. The molecule has 1 aliphatic rings. The van der Waals surface area contributed by atoms with Gasteiger partial charge in [0.15, 0.2) is 5.82 Å². The molecule has 2 aromatic carbocycles. The number of aryl methyl sites for hydroxylation is 1. The Hall–Kier alpha value is -4.20. The van der Waals surface area contributed by atoms with Crippen LogP contribution >= 0.6 is 0 Å². The van der Waals surface area contributed by atoms with E-state index >= 15 is 0 Å². The number of hydrogen-bond donors (Lipinski definition) is 2. The summed E-state index contributed by atoms with van der Waals surface area (Å²) in [5, 5.41) is 14.3. The minimum Gasteiger partial charge on any atom is -0.507 e. The first-order valence-electron chi connectivity index (χ1n) is 11.7. The maximum atomic E-state index is 12.3. The molecule has 0 bridgehead atoms. The average Bonchev–Trinajstić information content (AvgIpc) is 2.88. The van der Waals surface area contributed by atoms with E-state index in [1.165, 1.54) is 0 Å². The zero-order chi connectivity index (χ0) is 24.2. The number of alkyl carbamates (subject to hydrolysis) is 1. The van der Waals surface area contributed by atoms with Crippen LogP contribution in [0.4, 0.5) is 10.6 Å². The van der Waals surface area contributed by atoms with Gasteiger partial charge in [0.2, 0.25) is 0 Å². The predicted octanol–water partition coefficient (Wildman–Crippen LogP) is 4.60. The molecule has 8 heteroatoms. The number of para-hydroxylation sites is 1. The fraction of sp³-hybridized carbons (Fsp3) is 0.259. The lowest BCUT2D eigenvalue weighted by Crippen LogP contribution is -2.45. The van der Waals surface area contributed by atoms with Crippen molar-refractivity contribution < 1.29 is 14.6 Å². The molecular weight excluding hydrogens is 442 g/mol. The lowest BCUT2D eigenvalue weighted by Gasteiger charge is -2.33. The number of aromatic nitrogens is 3. The van der Waals surface area contributed by atoms with Gasteiger partial charge >= 0.3 is 6.09 Å². The van der Waals surface area contributed by atoms with E-state index in [0.717, 1.165) is 53.8 Å². The Bertz CT molecular complexity index is 1340. The van der Waals surface area contributed by atoms with Crippen LogP contribution in [0.25, 0.3) is 22.3 Å². The number of hydrogen-bond acceptors (Lipinski definition) is 7. The molecule has 0 aliphatic carbocycles. The molecule has 2 N–H and O–H groups in total. The average molecular weight is 470 g/mol. The number of nitrogens with zero attached hydrogens (tertiary/aromatic N) is 4. The van der Waals surface area contributed by atoms with Crippen molar-refractivity contribution in [2.45, 2.75) is 32.4 Å². The number of benzene rings is 2. The van der Waals surface area contributed by atoms with E-state index in [1.807, 2.05) is 37.3 Å². The summed E-state index contributed by atoms with van der Waals surface area (Å²) in [5.74, 6) is 1.49. The van der Waals surface area contributed by atoms with E-state index in [1.54, 1.807) is 24.5 Å². The molecule has 3 heterocycles. The van der Waals surface area contributed by atoms with Crippen molar-refractivity contribution in [1.29, 1.82) is 0 Å². The van der Waals surface area contributed by atoms with Crippen LogP contribution in [0.2, 0.25) is 0 Å². The summed E-state index contributed by atoms with van der Waals surface area (Å²) in [4.78, 5) is 28.1. The minimum absolute atomic E-state index is 0.0284. The van der Waals surface area contributed by atoms with Crippen LogP contribution in [0.15, 0.2) is 67.0 Å². The zero-order valence-electron chi connectivity index (χ0n) is 19.5. The number of carbonyl (C=O) groups excluding carboxylic acids is 1. The third-order valence-electron chi connectivity index (χ3n) is 6.19. The lowest BCUT2D eigenvalue weighted by atomic mass is 10.0. The molecular formula is C27H27N5O3. The molecule has 5 rings (SSSR count). The number of amides is 1. The Labute approximate surface area is 203 Å². The number of anilines is 1. The second-order valence-corrected chi connectivity index (χ2v) is 8.75. The van der Waals surface area contributed by atoms with Gasteiger partial charge in [0.25, 0.3) is 0 Å². The van der Waals surface area contributed by atoms with Gasteiger partial charge in [0.05, 0.1) is 11.1 Å². The van der Waals surface area contributed by atoms with Gasteiger partial charge < -0.3 is 20.1 Å². The SMILES string of the molecule is Cc1ccc2c(N3CCC(NC(=O)OCc4cccnc4)CC3)nc(-c3ccccc3O)nc2c1. The van der Waals surface area contributed by atoms with Gasteiger partial charge in [0.1, 0.15) is 18.2 Å². The summed E-state index contributed by atoms with van der Waals surface area (Å²) < 4.78 is 5.34. The highest BCUT2D eigenvalue weighted by atomic mass is 16.5. The highest BCUT2D eigenvalue weighted by Gasteiger charge is 2.24.